The summed E-state index contributed by atoms with van der Waals surface area (Å²) in [5.41, 5.74) is 7.54. The molecule has 0 spiro atoms. The molecule has 1 amide bonds. The minimum absolute atomic E-state index is 0.192. The first-order valence-corrected chi connectivity index (χ1v) is 14.7. The average Bonchev–Trinajstić information content (AvgIpc) is 3.36. The lowest BCUT2D eigenvalue weighted by atomic mass is 9.70. The molecule has 0 fully saturated rings. The van der Waals surface area contributed by atoms with Crippen molar-refractivity contribution in [1.29, 1.82) is 0 Å². The van der Waals surface area contributed by atoms with Gasteiger partial charge in [-0.2, -0.15) is 0 Å². The zero-order valence-electron chi connectivity index (χ0n) is 23.4. The molecule has 9 bridgehead atoms. The van der Waals surface area contributed by atoms with E-state index in [0.717, 1.165) is 58.0 Å². The SMILES string of the molecule is Cc1c2ccc3c1nnn3CCCOCc1cc(Cl)c(c(Cl)c1)C(=O)N1CCc3ccc(cc3C1)C2C(C)(C)C=O. The number of aromatic nitrogens is 3. The Labute approximate surface area is 249 Å². The lowest BCUT2D eigenvalue weighted by Crippen LogP contribution is -2.36. The van der Waals surface area contributed by atoms with Crippen molar-refractivity contribution >= 4 is 46.4 Å². The fourth-order valence-electron chi connectivity index (χ4n) is 6.25. The highest BCUT2D eigenvalue weighted by atomic mass is 35.5. The number of carbonyl (C=O) groups is 2. The summed E-state index contributed by atoms with van der Waals surface area (Å²) >= 11 is 13.2. The summed E-state index contributed by atoms with van der Waals surface area (Å²) < 4.78 is 7.81. The highest BCUT2D eigenvalue weighted by molar-refractivity contribution is 6.39. The molecule has 9 heteroatoms. The van der Waals surface area contributed by atoms with Crippen LogP contribution < -0.4 is 0 Å². The normalized spacial score (nSPS) is 17.9. The predicted octanol–water partition coefficient (Wildman–Crippen LogP) is 6.52. The van der Waals surface area contributed by atoms with Crippen LogP contribution in [0.1, 0.15) is 69.9 Å². The van der Waals surface area contributed by atoms with Gasteiger partial charge in [0.1, 0.15) is 11.8 Å². The number of ether oxygens (including phenoxy) is 1. The number of halogens is 2. The van der Waals surface area contributed by atoms with Gasteiger partial charge >= 0.3 is 0 Å². The van der Waals surface area contributed by atoms with Crippen LogP contribution in [0.5, 0.6) is 0 Å². The van der Waals surface area contributed by atoms with Crippen LogP contribution in [0.2, 0.25) is 10.0 Å². The quantitative estimate of drug-likeness (QED) is 0.248. The number of aryl methyl sites for hydroxylation is 2. The summed E-state index contributed by atoms with van der Waals surface area (Å²) in [6.07, 6.45) is 2.49. The van der Waals surface area contributed by atoms with Gasteiger partial charge < -0.3 is 14.4 Å². The van der Waals surface area contributed by atoms with E-state index in [-0.39, 0.29) is 11.8 Å². The lowest BCUT2D eigenvalue weighted by molar-refractivity contribution is -0.115. The maximum Gasteiger partial charge on any atom is 0.257 e. The van der Waals surface area contributed by atoms with Crippen molar-refractivity contribution in [3.05, 3.63) is 91.5 Å². The second-order valence-electron chi connectivity index (χ2n) is 11.7. The number of amides is 1. The van der Waals surface area contributed by atoms with Crippen LogP contribution >= 0.6 is 23.2 Å². The predicted molar refractivity (Wildman–Crippen MR) is 160 cm³/mol. The maximum absolute atomic E-state index is 13.7. The molecule has 7 nitrogen and oxygen atoms in total. The number of nitrogens with zero attached hydrogens (tertiary/aromatic N) is 4. The van der Waals surface area contributed by atoms with Crippen LogP contribution in [0.25, 0.3) is 11.0 Å². The molecular weight excluding hydrogens is 559 g/mol. The first-order chi connectivity index (χ1) is 19.7. The van der Waals surface area contributed by atoms with E-state index in [4.69, 9.17) is 27.9 Å². The largest absolute Gasteiger partial charge is 0.377 e. The molecule has 9 rings (SSSR count). The number of hydrogen-bond acceptors (Lipinski definition) is 5. The van der Waals surface area contributed by atoms with E-state index in [1.165, 1.54) is 5.56 Å². The van der Waals surface area contributed by atoms with Crippen LogP contribution in [0.4, 0.5) is 0 Å². The number of rotatable bonds is 2. The second-order valence-corrected chi connectivity index (χ2v) is 12.5. The van der Waals surface area contributed by atoms with Crippen molar-refractivity contribution in [2.75, 3.05) is 13.2 Å². The number of carbonyl (C=O) groups excluding carboxylic acids is 2. The molecule has 0 saturated heterocycles. The van der Waals surface area contributed by atoms with Gasteiger partial charge in [-0.05, 0) is 71.3 Å². The molecule has 4 aromatic rings. The second kappa shape index (κ2) is 10.9. The zero-order valence-corrected chi connectivity index (χ0v) is 24.9. The Kier molecular flexibility index (Phi) is 7.39. The van der Waals surface area contributed by atoms with Crippen LogP contribution in [0.3, 0.4) is 0 Å². The molecule has 0 N–H and O–H groups in total. The summed E-state index contributed by atoms with van der Waals surface area (Å²) in [6.45, 7) is 8.48. The van der Waals surface area contributed by atoms with Crippen molar-refractivity contribution in [3.8, 4) is 0 Å². The van der Waals surface area contributed by atoms with E-state index < -0.39 is 5.41 Å². The van der Waals surface area contributed by atoms with Crippen LogP contribution in [-0.4, -0.2) is 45.2 Å². The Morgan fingerprint density at radius 3 is 2.59 bits per heavy atom. The minimum atomic E-state index is -0.692. The summed E-state index contributed by atoms with van der Waals surface area (Å²) in [6, 6.07) is 14.1. The molecule has 5 aliphatic rings. The van der Waals surface area contributed by atoms with Gasteiger partial charge in [0.05, 0.1) is 27.7 Å². The van der Waals surface area contributed by atoms with Crippen molar-refractivity contribution in [1.82, 2.24) is 19.9 Å². The molecule has 1 aromatic heterocycles. The average molecular weight is 592 g/mol. The molecule has 212 valence electrons. The van der Waals surface area contributed by atoms with Crippen LogP contribution in [0, 0.1) is 12.3 Å². The van der Waals surface area contributed by atoms with Gasteiger partial charge in [-0.25, -0.2) is 4.68 Å². The molecule has 1 unspecified atom stereocenters. The number of benzene rings is 3. The molecule has 0 aliphatic carbocycles. The van der Waals surface area contributed by atoms with E-state index in [9.17, 15) is 9.59 Å². The summed E-state index contributed by atoms with van der Waals surface area (Å²) in [7, 11) is 0. The summed E-state index contributed by atoms with van der Waals surface area (Å²) in [5, 5.41) is 9.61. The third-order valence-electron chi connectivity index (χ3n) is 8.45. The highest BCUT2D eigenvalue weighted by Gasteiger charge is 2.35. The summed E-state index contributed by atoms with van der Waals surface area (Å²) in [5.74, 6) is -0.410. The fourth-order valence-corrected chi connectivity index (χ4v) is 6.94. The molecule has 6 heterocycles. The van der Waals surface area contributed by atoms with Crippen molar-refractivity contribution in [2.45, 2.75) is 59.2 Å². The smallest absolute Gasteiger partial charge is 0.257 e. The van der Waals surface area contributed by atoms with Gasteiger partial charge in [0.15, 0.2) is 0 Å². The molecule has 5 aliphatic heterocycles. The Hall–Kier alpha value is -3.26. The standard InChI is InChI=1S/C32H32Cl2N4O3/c1-19-24-7-8-27-30(19)35-36-38(27)10-4-12-41-17-20-13-25(33)28(26(34)14-20)31(40)37-11-9-21-5-6-22(15-23(21)16-37)29(24)32(2,3)18-39/h5-8,13-15,18,29H,4,9-12,16-17H2,1-3H3. The number of aldehydes is 1. The van der Waals surface area contributed by atoms with Crippen LogP contribution in [-0.2, 0) is 35.6 Å². The van der Waals surface area contributed by atoms with E-state index in [1.54, 1.807) is 17.0 Å². The first kappa shape index (κ1) is 27.9. The number of hydrogen-bond donors (Lipinski definition) is 0. The fraction of sp³-hybridized carbons (Fsp3) is 0.375. The van der Waals surface area contributed by atoms with Gasteiger partial charge in [0, 0.05) is 37.6 Å². The molecule has 3 aromatic carbocycles. The Balaban J connectivity index is 1.49. The molecule has 0 saturated carbocycles. The first-order valence-electron chi connectivity index (χ1n) is 13.9. The third-order valence-corrected chi connectivity index (χ3v) is 9.04. The Bertz CT molecular complexity index is 1660. The minimum Gasteiger partial charge on any atom is -0.377 e. The van der Waals surface area contributed by atoms with Crippen LogP contribution in [0.15, 0.2) is 42.5 Å². The lowest BCUT2D eigenvalue weighted by Gasteiger charge is -2.34. The van der Waals surface area contributed by atoms with Gasteiger partial charge in [-0.3, -0.25) is 4.79 Å². The zero-order chi connectivity index (χ0) is 28.9. The van der Waals surface area contributed by atoms with Crippen molar-refractivity contribution in [3.63, 3.8) is 0 Å². The van der Waals surface area contributed by atoms with Gasteiger partial charge in [-0.15, -0.1) is 5.10 Å². The van der Waals surface area contributed by atoms with E-state index in [2.05, 4.69) is 47.6 Å². The van der Waals surface area contributed by atoms with Crippen molar-refractivity contribution in [2.24, 2.45) is 5.41 Å². The van der Waals surface area contributed by atoms with E-state index >= 15 is 0 Å². The molecule has 1 atom stereocenters. The molecular formula is C32H32Cl2N4O3. The Morgan fingerprint density at radius 2 is 1.83 bits per heavy atom. The highest BCUT2D eigenvalue weighted by Crippen LogP contribution is 2.43. The molecule has 0 radical (unpaired) electrons. The van der Waals surface area contributed by atoms with E-state index in [0.29, 0.717) is 48.5 Å². The monoisotopic (exact) mass is 590 g/mol. The topological polar surface area (TPSA) is 77.3 Å². The van der Waals surface area contributed by atoms with Crippen molar-refractivity contribution < 1.29 is 14.3 Å². The Morgan fingerprint density at radius 1 is 1.05 bits per heavy atom. The van der Waals surface area contributed by atoms with Gasteiger partial charge in [0.2, 0.25) is 0 Å². The van der Waals surface area contributed by atoms with E-state index in [1.807, 2.05) is 18.5 Å². The third kappa shape index (κ3) is 5.05. The maximum atomic E-state index is 13.7. The van der Waals surface area contributed by atoms with Gasteiger partial charge in [-0.1, -0.05) is 66.5 Å². The molecule has 41 heavy (non-hydrogen) atoms. The van der Waals surface area contributed by atoms with Gasteiger partial charge in [0.25, 0.3) is 5.91 Å². The summed E-state index contributed by atoms with van der Waals surface area (Å²) in [4.78, 5) is 28.0.